The number of hydrogen-bond acceptors (Lipinski definition) is 3. The molecule has 0 spiro atoms. The second-order valence-corrected chi connectivity index (χ2v) is 10.2. The lowest BCUT2D eigenvalue weighted by Gasteiger charge is -2.13. The Bertz CT molecular complexity index is 673. The fourth-order valence-electron chi connectivity index (χ4n) is 4.50. The van der Waals surface area contributed by atoms with E-state index in [-0.39, 0.29) is 12.3 Å². The van der Waals surface area contributed by atoms with Gasteiger partial charge >= 0.3 is 5.97 Å². The highest BCUT2D eigenvalue weighted by Crippen LogP contribution is 2.13. The maximum absolute atomic E-state index is 12.1. The molecule has 6 nitrogen and oxygen atoms in total. The van der Waals surface area contributed by atoms with Crippen molar-refractivity contribution in [3.63, 3.8) is 0 Å². The Hall–Kier alpha value is -2.11. The predicted molar refractivity (Wildman–Crippen MR) is 149 cm³/mol. The highest BCUT2D eigenvalue weighted by molar-refractivity contribution is 5.83. The molecular formula is C30H53N3O3. The fraction of sp³-hybridized carbons (Fsp3) is 0.767. The molecule has 0 fully saturated rings. The monoisotopic (exact) mass is 503 g/mol. The van der Waals surface area contributed by atoms with Crippen LogP contribution in [0.15, 0.2) is 24.7 Å². The maximum Gasteiger partial charge on any atom is 0.326 e. The lowest BCUT2D eigenvalue weighted by atomic mass is 10.0. The third-order valence-corrected chi connectivity index (χ3v) is 6.78. The number of amides is 1. The third kappa shape index (κ3) is 19.1. The normalized spacial score (nSPS) is 12.2. The second-order valence-electron chi connectivity index (χ2n) is 10.2. The first kappa shape index (κ1) is 31.9. The summed E-state index contributed by atoms with van der Waals surface area (Å²) in [6.45, 7) is 2.27. The number of rotatable bonds is 25. The summed E-state index contributed by atoms with van der Waals surface area (Å²) in [6.07, 6.45) is 32.8. The Balaban J connectivity index is 1.83. The van der Waals surface area contributed by atoms with E-state index in [1.165, 1.54) is 109 Å². The Kier molecular flexibility index (Phi) is 20.7. The van der Waals surface area contributed by atoms with Crippen LogP contribution >= 0.6 is 0 Å². The topological polar surface area (TPSA) is 95.1 Å². The summed E-state index contributed by atoms with van der Waals surface area (Å²) in [6, 6.07) is -0.913. The van der Waals surface area contributed by atoms with Gasteiger partial charge in [0.05, 0.1) is 6.33 Å². The summed E-state index contributed by atoms with van der Waals surface area (Å²) in [4.78, 5) is 30.2. The van der Waals surface area contributed by atoms with Crippen LogP contribution in [0.2, 0.25) is 0 Å². The van der Waals surface area contributed by atoms with Crippen molar-refractivity contribution < 1.29 is 14.7 Å². The van der Waals surface area contributed by atoms with Gasteiger partial charge in [0.15, 0.2) is 0 Å². The standard InChI is InChI=1S/C30H53N3O3/c1-2-3-4-5-6-7-8-9-10-11-12-13-14-15-16-17-18-19-20-21-22-23-29(34)33-28(30(35)36)24-27-25-31-26-32-27/h9-10,25-26,28H,2-8,11-24H2,1H3,(H,31,32)(H,33,34)(H,35,36)/b10-9+. The molecule has 0 saturated carbocycles. The highest BCUT2D eigenvalue weighted by Gasteiger charge is 2.20. The molecule has 1 unspecified atom stereocenters. The van der Waals surface area contributed by atoms with Crippen molar-refractivity contribution in [1.29, 1.82) is 0 Å². The van der Waals surface area contributed by atoms with E-state index in [2.05, 4.69) is 34.4 Å². The van der Waals surface area contributed by atoms with Gasteiger partial charge in [0.1, 0.15) is 6.04 Å². The van der Waals surface area contributed by atoms with Crippen LogP contribution in [0.1, 0.15) is 141 Å². The van der Waals surface area contributed by atoms with Gasteiger partial charge in [0.25, 0.3) is 0 Å². The molecule has 1 amide bonds. The van der Waals surface area contributed by atoms with E-state index in [1.807, 2.05) is 0 Å². The minimum atomic E-state index is -1.02. The van der Waals surface area contributed by atoms with Crippen LogP contribution in [0.4, 0.5) is 0 Å². The number of imidazole rings is 1. The van der Waals surface area contributed by atoms with Crippen molar-refractivity contribution in [2.24, 2.45) is 0 Å². The van der Waals surface area contributed by atoms with E-state index in [9.17, 15) is 14.7 Å². The van der Waals surface area contributed by atoms with Gasteiger partial charge in [-0.2, -0.15) is 0 Å². The Morgan fingerprint density at radius 2 is 1.33 bits per heavy atom. The van der Waals surface area contributed by atoms with E-state index in [1.54, 1.807) is 6.20 Å². The molecule has 206 valence electrons. The number of H-pyrrole nitrogens is 1. The van der Waals surface area contributed by atoms with Gasteiger partial charge in [-0.3, -0.25) is 4.79 Å². The van der Waals surface area contributed by atoms with Gasteiger partial charge in [-0.1, -0.05) is 109 Å². The van der Waals surface area contributed by atoms with Crippen molar-refractivity contribution in [2.75, 3.05) is 0 Å². The molecule has 0 aromatic carbocycles. The van der Waals surface area contributed by atoms with E-state index in [4.69, 9.17) is 0 Å². The number of carbonyl (C=O) groups excluding carboxylic acids is 1. The van der Waals surface area contributed by atoms with Crippen molar-refractivity contribution in [1.82, 2.24) is 15.3 Å². The zero-order valence-electron chi connectivity index (χ0n) is 22.9. The summed E-state index contributed by atoms with van der Waals surface area (Å²) < 4.78 is 0. The fourth-order valence-corrected chi connectivity index (χ4v) is 4.50. The van der Waals surface area contributed by atoms with E-state index in [0.29, 0.717) is 12.1 Å². The largest absolute Gasteiger partial charge is 0.480 e. The van der Waals surface area contributed by atoms with Crippen molar-refractivity contribution in [3.8, 4) is 0 Å². The Labute approximate surface area is 220 Å². The summed E-state index contributed by atoms with van der Waals surface area (Å²) >= 11 is 0. The molecule has 0 bridgehead atoms. The summed E-state index contributed by atoms with van der Waals surface area (Å²) in [5.41, 5.74) is 0.703. The van der Waals surface area contributed by atoms with Gasteiger partial charge in [0, 0.05) is 24.7 Å². The van der Waals surface area contributed by atoms with Crippen LogP contribution < -0.4 is 5.32 Å². The Morgan fingerprint density at radius 3 is 1.81 bits per heavy atom. The third-order valence-electron chi connectivity index (χ3n) is 6.78. The molecule has 1 aromatic rings. The number of unbranched alkanes of at least 4 members (excludes halogenated alkanes) is 17. The molecular weight excluding hydrogens is 450 g/mol. The molecule has 0 aliphatic rings. The predicted octanol–water partition coefficient (Wildman–Crippen LogP) is 7.90. The zero-order chi connectivity index (χ0) is 26.1. The number of hydrogen-bond donors (Lipinski definition) is 3. The molecule has 36 heavy (non-hydrogen) atoms. The number of aliphatic carboxylic acids is 1. The summed E-state index contributed by atoms with van der Waals surface area (Å²) in [7, 11) is 0. The lowest BCUT2D eigenvalue weighted by molar-refractivity contribution is -0.141. The number of aromatic nitrogens is 2. The van der Waals surface area contributed by atoms with Crippen LogP contribution in [0, 0.1) is 0 Å². The molecule has 1 rings (SSSR count). The molecule has 0 aliphatic carbocycles. The van der Waals surface area contributed by atoms with Gasteiger partial charge in [-0.15, -0.1) is 0 Å². The van der Waals surface area contributed by atoms with E-state index < -0.39 is 12.0 Å². The number of carboxylic acid groups (broad SMARTS) is 1. The summed E-state index contributed by atoms with van der Waals surface area (Å²) in [5, 5.41) is 11.9. The van der Waals surface area contributed by atoms with Gasteiger partial charge in [-0.05, 0) is 32.1 Å². The average Bonchev–Trinajstić information content (AvgIpc) is 3.37. The van der Waals surface area contributed by atoms with E-state index >= 15 is 0 Å². The minimum Gasteiger partial charge on any atom is -0.480 e. The molecule has 0 radical (unpaired) electrons. The molecule has 1 heterocycles. The first-order valence-electron chi connectivity index (χ1n) is 14.8. The van der Waals surface area contributed by atoms with Crippen molar-refractivity contribution in [3.05, 3.63) is 30.4 Å². The Morgan fingerprint density at radius 1 is 0.833 bits per heavy atom. The van der Waals surface area contributed by atoms with Crippen LogP contribution in [-0.4, -0.2) is 33.0 Å². The number of nitrogens with zero attached hydrogens (tertiary/aromatic N) is 1. The molecule has 3 N–H and O–H groups in total. The van der Waals surface area contributed by atoms with Gasteiger partial charge in [-0.25, -0.2) is 9.78 Å². The second kappa shape index (κ2) is 23.3. The van der Waals surface area contributed by atoms with E-state index in [0.717, 1.165) is 19.3 Å². The van der Waals surface area contributed by atoms with Crippen LogP contribution in [0.5, 0.6) is 0 Å². The van der Waals surface area contributed by atoms with Crippen LogP contribution in [-0.2, 0) is 16.0 Å². The zero-order valence-corrected chi connectivity index (χ0v) is 22.9. The number of carboxylic acids is 1. The van der Waals surface area contributed by atoms with Gasteiger partial charge in [0.2, 0.25) is 5.91 Å². The highest BCUT2D eigenvalue weighted by atomic mass is 16.4. The smallest absolute Gasteiger partial charge is 0.326 e. The molecule has 0 saturated heterocycles. The number of aromatic amines is 1. The molecule has 6 heteroatoms. The number of nitrogens with one attached hydrogen (secondary N) is 2. The molecule has 0 aliphatic heterocycles. The minimum absolute atomic E-state index is 0.185. The molecule has 1 aromatic heterocycles. The van der Waals surface area contributed by atoms with Crippen molar-refractivity contribution >= 4 is 11.9 Å². The average molecular weight is 504 g/mol. The van der Waals surface area contributed by atoms with Crippen LogP contribution in [0.3, 0.4) is 0 Å². The molecule has 1 atom stereocenters. The summed E-state index contributed by atoms with van der Waals surface area (Å²) in [5.74, 6) is -1.20. The SMILES string of the molecule is CCCCCCCC/C=C/CCCCCCCCCCCCCC(=O)NC(Cc1cnc[nH]1)C(=O)O. The maximum atomic E-state index is 12.1. The quantitative estimate of drug-likeness (QED) is 0.0933. The van der Waals surface area contributed by atoms with Crippen molar-refractivity contribution in [2.45, 2.75) is 148 Å². The van der Waals surface area contributed by atoms with Gasteiger partial charge < -0.3 is 15.4 Å². The van der Waals surface area contributed by atoms with Crippen LogP contribution in [0.25, 0.3) is 0 Å². The first-order chi connectivity index (χ1) is 17.6. The number of allylic oxidation sites excluding steroid dienone is 2. The number of carbonyl (C=O) groups is 2. The first-order valence-corrected chi connectivity index (χ1v) is 14.8. The lowest BCUT2D eigenvalue weighted by Crippen LogP contribution is -2.42.